The van der Waals surface area contributed by atoms with Crippen molar-refractivity contribution in [3.8, 4) is 5.75 Å². The molecule has 0 bridgehead atoms. The molecule has 2 aromatic carbocycles. The van der Waals surface area contributed by atoms with E-state index in [2.05, 4.69) is 15.0 Å². The number of hydrogen-bond donors (Lipinski definition) is 2. The number of nitrogens with zero attached hydrogens (tertiary/aromatic N) is 3. The second-order valence-electron chi connectivity index (χ2n) is 10.7. The number of aliphatic hydroxyl groups excluding tert-OH is 1. The number of sulfonamides is 1. The summed E-state index contributed by atoms with van der Waals surface area (Å²) in [6.45, 7) is 5.29. The van der Waals surface area contributed by atoms with Crippen molar-refractivity contribution in [3.05, 3.63) is 64.6 Å². The molecule has 14 heteroatoms. The van der Waals surface area contributed by atoms with E-state index < -0.39 is 33.6 Å². The van der Waals surface area contributed by atoms with E-state index in [9.17, 15) is 36.3 Å². The molecule has 1 saturated heterocycles. The summed E-state index contributed by atoms with van der Waals surface area (Å²) in [5, 5.41) is 13.1. The molecule has 0 atom stereocenters. The quantitative estimate of drug-likeness (QED) is 0.440. The van der Waals surface area contributed by atoms with Gasteiger partial charge in [0.15, 0.2) is 0 Å². The minimum Gasteiger partial charge on any atom is -0.406 e. The van der Waals surface area contributed by atoms with E-state index in [-0.39, 0.29) is 62.3 Å². The van der Waals surface area contributed by atoms with E-state index in [1.54, 1.807) is 39.0 Å². The third-order valence-electron chi connectivity index (χ3n) is 7.30. The van der Waals surface area contributed by atoms with Gasteiger partial charge in [-0.25, -0.2) is 8.42 Å². The number of aryl methyl sites for hydroxylation is 1. The smallest absolute Gasteiger partial charge is 0.406 e. The number of anilines is 1. The van der Waals surface area contributed by atoms with Crippen molar-refractivity contribution in [3.63, 3.8) is 0 Å². The van der Waals surface area contributed by atoms with Crippen molar-refractivity contribution in [2.75, 3.05) is 31.1 Å². The largest absolute Gasteiger partial charge is 0.573 e. The molecule has 0 saturated carbocycles. The molecule has 232 valence electrons. The Kier molecular flexibility index (Phi) is 9.33. The topological polar surface area (TPSA) is 129 Å². The number of hydrogen-bond acceptors (Lipinski definition) is 7. The van der Waals surface area contributed by atoms with E-state index in [4.69, 9.17) is 0 Å². The van der Waals surface area contributed by atoms with Gasteiger partial charge in [-0.1, -0.05) is 32.0 Å². The Balaban J connectivity index is 1.45. The molecule has 1 fully saturated rings. The second kappa shape index (κ2) is 12.5. The maximum Gasteiger partial charge on any atom is 0.573 e. The zero-order valence-electron chi connectivity index (χ0n) is 23.9. The number of amides is 2. The van der Waals surface area contributed by atoms with Gasteiger partial charge in [-0.15, -0.1) is 13.2 Å². The third-order valence-corrected chi connectivity index (χ3v) is 8.86. The first-order chi connectivity index (χ1) is 20.1. The minimum atomic E-state index is -4.87. The van der Waals surface area contributed by atoms with Gasteiger partial charge in [-0.3, -0.25) is 14.6 Å². The minimum absolute atomic E-state index is 0.0133. The fourth-order valence-electron chi connectivity index (χ4n) is 4.98. The van der Waals surface area contributed by atoms with Crippen molar-refractivity contribution < 1.29 is 41.0 Å². The van der Waals surface area contributed by atoms with Gasteiger partial charge in [-0.2, -0.15) is 4.31 Å². The maximum atomic E-state index is 13.1. The number of piperidine rings is 1. The number of nitrogens with one attached hydrogen (secondary N) is 1. The van der Waals surface area contributed by atoms with Gasteiger partial charge in [-0.05, 0) is 61.2 Å². The fraction of sp³-hybridized carbons (Fsp3) is 0.414. The van der Waals surface area contributed by atoms with Crippen molar-refractivity contribution in [2.45, 2.75) is 45.5 Å². The Morgan fingerprint density at radius 3 is 2.51 bits per heavy atom. The molecule has 2 aliphatic heterocycles. The lowest BCUT2D eigenvalue weighted by molar-refractivity contribution is -0.274. The number of alkyl halides is 3. The number of aliphatic hydroxyl groups is 1. The summed E-state index contributed by atoms with van der Waals surface area (Å²) in [5.41, 5.74) is 0.963. The van der Waals surface area contributed by atoms with Gasteiger partial charge in [0.2, 0.25) is 15.9 Å². The number of benzene rings is 2. The highest BCUT2D eigenvalue weighted by Crippen LogP contribution is 2.33. The van der Waals surface area contributed by atoms with E-state index in [1.165, 1.54) is 27.4 Å². The molecule has 43 heavy (non-hydrogen) atoms. The first-order valence-electron chi connectivity index (χ1n) is 13.6. The molecule has 2 aromatic rings. The number of carbonyl (C=O) groups excluding carboxylic acids is 2. The highest BCUT2D eigenvalue weighted by molar-refractivity contribution is 7.92. The SMILES string of the molecule is Cc1cc(N(CCO)C(=O)C(C)C)ccc1C=CS(=O)(=O)N1CCC2(CC1)N=C(c1cccc(OC(F)(F)F)c1)NC2=O. The van der Waals surface area contributed by atoms with Crippen LogP contribution < -0.4 is 15.0 Å². The lowest BCUT2D eigenvalue weighted by atomic mass is 9.89. The Labute approximate surface area is 247 Å². The van der Waals surface area contributed by atoms with Gasteiger partial charge in [0.25, 0.3) is 5.91 Å². The molecular weight excluding hydrogens is 589 g/mol. The van der Waals surface area contributed by atoms with Crippen LogP contribution >= 0.6 is 0 Å². The molecule has 0 unspecified atom stereocenters. The van der Waals surface area contributed by atoms with Crippen LogP contribution in [0.4, 0.5) is 18.9 Å². The Morgan fingerprint density at radius 2 is 1.91 bits per heavy atom. The highest BCUT2D eigenvalue weighted by atomic mass is 32.2. The van der Waals surface area contributed by atoms with Crippen molar-refractivity contribution in [2.24, 2.45) is 10.9 Å². The summed E-state index contributed by atoms with van der Waals surface area (Å²) in [6, 6.07) is 10.3. The first-order valence-corrected chi connectivity index (χ1v) is 15.1. The summed E-state index contributed by atoms with van der Waals surface area (Å²) >= 11 is 0. The van der Waals surface area contributed by atoms with Gasteiger partial charge in [0.1, 0.15) is 17.1 Å². The van der Waals surface area contributed by atoms with Crippen LogP contribution in [0.2, 0.25) is 0 Å². The summed E-state index contributed by atoms with van der Waals surface area (Å²) in [6.07, 6.45) is -3.22. The predicted octanol–water partition coefficient (Wildman–Crippen LogP) is 3.59. The van der Waals surface area contributed by atoms with Crippen LogP contribution in [0.5, 0.6) is 5.75 Å². The zero-order chi connectivity index (χ0) is 31.6. The van der Waals surface area contributed by atoms with Crippen LogP contribution in [-0.4, -0.2) is 73.6 Å². The summed E-state index contributed by atoms with van der Waals surface area (Å²) in [5.74, 6) is -1.21. The predicted molar refractivity (Wildman–Crippen MR) is 155 cm³/mol. The molecule has 2 amide bonds. The molecule has 0 radical (unpaired) electrons. The Bertz CT molecular complexity index is 1550. The molecule has 4 rings (SSSR count). The molecule has 2 N–H and O–H groups in total. The number of carbonyl (C=O) groups is 2. The van der Waals surface area contributed by atoms with E-state index >= 15 is 0 Å². The molecule has 0 aromatic heterocycles. The molecule has 2 heterocycles. The monoisotopic (exact) mass is 622 g/mol. The van der Waals surface area contributed by atoms with Crippen LogP contribution in [0.15, 0.2) is 52.9 Å². The molecular formula is C29H33F3N4O6S. The lowest BCUT2D eigenvalue weighted by Crippen LogP contribution is -2.50. The zero-order valence-corrected chi connectivity index (χ0v) is 24.7. The number of ether oxygens (including phenoxy) is 1. The molecule has 10 nitrogen and oxygen atoms in total. The van der Waals surface area contributed by atoms with E-state index in [0.29, 0.717) is 11.3 Å². The Hall–Kier alpha value is -3.75. The van der Waals surface area contributed by atoms with E-state index in [1.807, 2.05) is 0 Å². The maximum absolute atomic E-state index is 13.1. The van der Waals surface area contributed by atoms with Gasteiger partial charge < -0.3 is 20.1 Å². The van der Waals surface area contributed by atoms with Crippen LogP contribution in [-0.2, 0) is 19.6 Å². The van der Waals surface area contributed by atoms with Crippen LogP contribution in [0.25, 0.3) is 6.08 Å². The molecule has 0 aliphatic carbocycles. The second-order valence-corrected chi connectivity index (χ2v) is 12.5. The van der Waals surface area contributed by atoms with Gasteiger partial charge in [0, 0.05) is 42.2 Å². The van der Waals surface area contributed by atoms with Crippen LogP contribution in [0, 0.1) is 12.8 Å². The van der Waals surface area contributed by atoms with Crippen molar-refractivity contribution in [1.82, 2.24) is 9.62 Å². The third kappa shape index (κ3) is 7.43. The number of aliphatic imine (C=N–C) groups is 1. The van der Waals surface area contributed by atoms with Gasteiger partial charge in [0.05, 0.1) is 6.61 Å². The fourth-order valence-corrected chi connectivity index (χ4v) is 6.16. The Morgan fingerprint density at radius 1 is 1.21 bits per heavy atom. The number of halogens is 3. The van der Waals surface area contributed by atoms with Crippen LogP contribution in [0.1, 0.15) is 43.4 Å². The average molecular weight is 623 g/mol. The molecule has 2 aliphatic rings. The van der Waals surface area contributed by atoms with Crippen LogP contribution in [0.3, 0.4) is 0 Å². The normalized spacial score (nSPS) is 17.4. The lowest BCUT2D eigenvalue weighted by Gasteiger charge is -2.34. The van der Waals surface area contributed by atoms with E-state index in [0.717, 1.165) is 23.1 Å². The molecule has 1 spiro atoms. The first kappa shape index (κ1) is 32.2. The summed E-state index contributed by atoms with van der Waals surface area (Å²) in [7, 11) is -3.86. The number of amidine groups is 1. The van der Waals surface area contributed by atoms with Crippen molar-refractivity contribution in [1.29, 1.82) is 0 Å². The summed E-state index contributed by atoms with van der Waals surface area (Å²) < 4.78 is 69.3. The van der Waals surface area contributed by atoms with Gasteiger partial charge >= 0.3 is 6.36 Å². The highest BCUT2D eigenvalue weighted by Gasteiger charge is 2.47. The summed E-state index contributed by atoms with van der Waals surface area (Å²) in [4.78, 5) is 31.4. The average Bonchev–Trinajstić information content (AvgIpc) is 3.25. The van der Waals surface area contributed by atoms with Crippen molar-refractivity contribution >= 4 is 39.4 Å². The number of rotatable bonds is 9. The standard InChI is InChI=1S/C29H33F3N4O6S/c1-19(2)26(38)36(14-15-37)23-8-7-21(20(3)17-23)9-16-43(40,41)35-12-10-28(11-13-35)27(39)33-25(34-28)22-5-4-6-24(18-22)42-29(30,31)32/h4-9,16-19,37H,10-15H2,1-3H3,(H,33,34,39).